The predicted molar refractivity (Wildman–Crippen MR) is 88.5 cm³/mol. The Balaban J connectivity index is 1.58. The van der Waals surface area contributed by atoms with Gasteiger partial charge in [0.1, 0.15) is 0 Å². The van der Waals surface area contributed by atoms with Crippen LogP contribution >= 0.6 is 11.6 Å². The number of benzene rings is 1. The lowest BCUT2D eigenvalue weighted by atomic mass is 10.2. The van der Waals surface area contributed by atoms with E-state index in [1.54, 1.807) is 0 Å². The number of pyridine rings is 1. The Hall–Kier alpha value is -2.33. The highest BCUT2D eigenvalue weighted by molar-refractivity contribution is 6.30. The van der Waals surface area contributed by atoms with Crippen LogP contribution in [0.25, 0.3) is 5.52 Å². The van der Waals surface area contributed by atoms with Gasteiger partial charge in [-0.2, -0.15) is 4.40 Å². The second-order valence-electron chi connectivity index (χ2n) is 5.92. The molecular weight excluding hydrogens is 310 g/mol. The van der Waals surface area contributed by atoms with Gasteiger partial charge >= 0.3 is 0 Å². The summed E-state index contributed by atoms with van der Waals surface area (Å²) >= 11 is 5.88. The molecule has 2 aromatic heterocycles. The Morgan fingerprint density at radius 1 is 1.22 bits per heavy atom. The summed E-state index contributed by atoms with van der Waals surface area (Å²) in [5.41, 5.74) is 2.57. The van der Waals surface area contributed by atoms with Crippen LogP contribution in [0.15, 0.2) is 48.7 Å². The SMILES string of the molecule is O=C(NCc1ccc(Cl)cc1)c1[nH]c(C2CC2)[n+]2ccccc12. The Kier molecular flexibility index (Phi) is 3.54. The van der Waals surface area contributed by atoms with E-state index in [0.29, 0.717) is 23.2 Å². The summed E-state index contributed by atoms with van der Waals surface area (Å²) in [5, 5.41) is 3.67. The summed E-state index contributed by atoms with van der Waals surface area (Å²) in [6.45, 7) is 0.479. The van der Waals surface area contributed by atoms with Crippen LogP contribution in [0.2, 0.25) is 5.02 Å². The molecule has 116 valence electrons. The van der Waals surface area contributed by atoms with Gasteiger partial charge in [0.05, 0.1) is 12.1 Å². The number of carbonyl (C=O) groups is 1. The minimum atomic E-state index is -0.0875. The van der Waals surface area contributed by atoms with E-state index < -0.39 is 0 Å². The molecule has 2 N–H and O–H groups in total. The highest BCUT2D eigenvalue weighted by Gasteiger charge is 2.35. The number of imidazole rings is 1. The van der Waals surface area contributed by atoms with Gasteiger partial charge in [0.15, 0.2) is 5.52 Å². The quantitative estimate of drug-likeness (QED) is 0.711. The van der Waals surface area contributed by atoms with Crippen molar-refractivity contribution < 1.29 is 9.20 Å². The van der Waals surface area contributed by atoms with Crippen molar-refractivity contribution in [2.75, 3.05) is 0 Å². The summed E-state index contributed by atoms with van der Waals surface area (Å²) in [5.74, 6) is 1.58. The number of aromatic amines is 1. The maximum Gasteiger partial charge on any atom is 0.295 e. The maximum absolute atomic E-state index is 12.6. The topological polar surface area (TPSA) is 49.0 Å². The number of aromatic nitrogens is 2. The smallest absolute Gasteiger partial charge is 0.295 e. The molecule has 0 radical (unpaired) electrons. The van der Waals surface area contributed by atoms with E-state index in [1.165, 1.54) is 12.8 Å². The second kappa shape index (κ2) is 5.70. The van der Waals surface area contributed by atoms with Crippen LogP contribution in [-0.2, 0) is 6.54 Å². The molecule has 1 saturated carbocycles. The molecule has 1 fully saturated rings. The van der Waals surface area contributed by atoms with Crippen molar-refractivity contribution in [2.45, 2.75) is 25.3 Å². The molecule has 0 atom stereocenters. The molecule has 0 saturated heterocycles. The van der Waals surface area contributed by atoms with Gasteiger partial charge in [0, 0.05) is 11.6 Å². The largest absolute Gasteiger partial charge is 0.345 e. The van der Waals surface area contributed by atoms with E-state index in [9.17, 15) is 4.79 Å². The molecule has 1 amide bonds. The third kappa shape index (κ3) is 2.82. The van der Waals surface area contributed by atoms with Crippen LogP contribution in [0.5, 0.6) is 0 Å². The van der Waals surface area contributed by atoms with Gasteiger partial charge in [-0.25, -0.2) is 4.98 Å². The molecule has 0 spiro atoms. The third-order valence-corrected chi connectivity index (χ3v) is 4.44. The third-order valence-electron chi connectivity index (χ3n) is 4.19. The zero-order chi connectivity index (χ0) is 15.8. The molecular formula is C18H17ClN3O+. The monoisotopic (exact) mass is 326 g/mol. The number of H-pyrrole nitrogens is 1. The molecule has 1 aliphatic carbocycles. The van der Waals surface area contributed by atoms with E-state index in [0.717, 1.165) is 16.9 Å². The van der Waals surface area contributed by atoms with Gasteiger partial charge in [-0.3, -0.25) is 4.79 Å². The number of nitrogens with zero attached hydrogens (tertiary/aromatic N) is 1. The van der Waals surface area contributed by atoms with Crippen LogP contribution in [0.4, 0.5) is 0 Å². The summed E-state index contributed by atoms with van der Waals surface area (Å²) in [6.07, 6.45) is 4.38. The Bertz CT molecular complexity index is 866. The molecule has 0 bridgehead atoms. The van der Waals surface area contributed by atoms with Crippen molar-refractivity contribution in [3.05, 3.63) is 70.8 Å². The number of nitrogens with one attached hydrogen (secondary N) is 2. The number of fused-ring (bicyclic) bond motifs is 1. The second-order valence-corrected chi connectivity index (χ2v) is 6.36. The van der Waals surface area contributed by atoms with Gasteiger partial charge in [-0.15, -0.1) is 0 Å². The summed E-state index contributed by atoms with van der Waals surface area (Å²) < 4.78 is 2.09. The van der Waals surface area contributed by atoms with Crippen molar-refractivity contribution in [2.24, 2.45) is 0 Å². The van der Waals surface area contributed by atoms with Crippen molar-refractivity contribution in [3.8, 4) is 0 Å². The molecule has 1 aromatic carbocycles. The fourth-order valence-corrected chi connectivity index (χ4v) is 2.94. The number of halogens is 1. The molecule has 5 heteroatoms. The molecule has 4 nitrogen and oxygen atoms in total. The molecule has 1 aliphatic rings. The Morgan fingerprint density at radius 3 is 2.74 bits per heavy atom. The van der Waals surface area contributed by atoms with E-state index in [2.05, 4.69) is 14.7 Å². The zero-order valence-corrected chi connectivity index (χ0v) is 13.3. The van der Waals surface area contributed by atoms with Crippen molar-refractivity contribution in [1.82, 2.24) is 10.3 Å². The van der Waals surface area contributed by atoms with Crippen molar-refractivity contribution >= 4 is 23.0 Å². The number of rotatable bonds is 4. The zero-order valence-electron chi connectivity index (χ0n) is 12.6. The lowest BCUT2D eigenvalue weighted by Crippen LogP contribution is -2.25. The van der Waals surface area contributed by atoms with Crippen LogP contribution < -0.4 is 9.72 Å². The molecule has 3 aromatic rings. The van der Waals surface area contributed by atoms with Crippen LogP contribution in [0.3, 0.4) is 0 Å². The normalized spacial score (nSPS) is 14.1. The standard InChI is InChI=1S/C18H16ClN3O/c19-14-8-4-12(5-9-14)11-20-18(23)16-15-3-1-2-10-22(15)17(21-16)13-6-7-13/h1-5,8-10,13H,6-7,11H2,(H,20,23)/p+1. The first-order chi connectivity index (χ1) is 11.2. The predicted octanol–water partition coefficient (Wildman–Crippen LogP) is 3.21. The molecule has 2 heterocycles. The van der Waals surface area contributed by atoms with Crippen molar-refractivity contribution in [3.63, 3.8) is 0 Å². The first kappa shape index (κ1) is 14.3. The fraction of sp³-hybridized carbons (Fsp3) is 0.222. The summed E-state index contributed by atoms with van der Waals surface area (Å²) in [7, 11) is 0. The van der Waals surface area contributed by atoms with Crippen LogP contribution in [0.1, 0.15) is 40.6 Å². The maximum atomic E-state index is 12.6. The van der Waals surface area contributed by atoms with Gasteiger partial charge < -0.3 is 5.32 Å². The minimum Gasteiger partial charge on any atom is -0.345 e. The average Bonchev–Trinajstić information content (AvgIpc) is 3.34. The summed E-state index contributed by atoms with van der Waals surface area (Å²) in [6, 6.07) is 13.4. The highest BCUT2D eigenvalue weighted by Crippen LogP contribution is 2.37. The van der Waals surface area contributed by atoms with Crippen LogP contribution in [0, 0.1) is 0 Å². The first-order valence-electron chi connectivity index (χ1n) is 7.77. The van der Waals surface area contributed by atoms with Crippen molar-refractivity contribution in [1.29, 1.82) is 0 Å². The Morgan fingerprint density at radius 2 is 2.00 bits per heavy atom. The number of hydrogen-bond acceptors (Lipinski definition) is 1. The highest BCUT2D eigenvalue weighted by atomic mass is 35.5. The van der Waals surface area contributed by atoms with E-state index in [-0.39, 0.29) is 5.91 Å². The number of carbonyl (C=O) groups excluding carboxylic acids is 1. The van der Waals surface area contributed by atoms with E-state index in [1.807, 2.05) is 48.7 Å². The van der Waals surface area contributed by atoms with Crippen LogP contribution in [-0.4, -0.2) is 10.9 Å². The molecule has 4 rings (SSSR count). The lowest BCUT2D eigenvalue weighted by Gasteiger charge is -2.02. The van der Waals surface area contributed by atoms with E-state index in [4.69, 9.17) is 11.6 Å². The molecule has 0 unspecified atom stereocenters. The average molecular weight is 327 g/mol. The lowest BCUT2D eigenvalue weighted by molar-refractivity contribution is -0.521. The first-order valence-corrected chi connectivity index (χ1v) is 8.15. The fourth-order valence-electron chi connectivity index (χ4n) is 2.81. The number of hydrogen-bond donors (Lipinski definition) is 2. The minimum absolute atomic E-state index is 0.0875. The number of amides is 1. The van der Waals surface area contributed by atoms with Gasteiger partial charge in [0.25, 0.3) is 11.7 Å². The molecule has 0 aliphatic heterocycles. The summed E-state index contributed by atoms with van der Waals surface area (Å²) in [4.78, 5) is 15.9. The van der Waals surface area contributed by atoms with Gasteiger partial charge in [-0.1, -0.05) is 29.8 Å². The van der Waals surface area contributed by atoms with E-state index >= 15 is 0 Å². The van der Waals surface area contributed by atoms with Gasteiger partial charge in [-0.05, 0) is 42.7 Å². The Labute approximate surface area is 139 Å². The van der Waals surface area contributed by atoms with Gasteiger partial charge in [0.2, 0.25) is 5.69 Å². The molecule has 23 heavy (non-hydrogen) atoms.